The Hall–Kier alpha value is -1.35. The summed E-state index contributed by atoms with van der Waals surface area (Å²) < 4.78 is 4.70. The van der Waals surface area contributed by atoms with Crippen LogP contribution in [0.5, 0.6) is 0 Å². The van der Waals surface area contributed by atoms with Gasteiger partial charge in [0.05, 0.1) is 13.1 Å². The van der Waals surface area contributed by atoms with E-state index in [0.29, 0.717) is 0 Å². The summed E-state index contributed by atoms with van der Waals surface area (Å²) in [5.41, 5.74) is 4.27. The number of hydrogen-bond donors (Lipinski definition) is 1. The molecule has 19 heavy (non-hydrogen) atoms. The average Bonchev–Trinajstić information content (AvgIpc) is 2.85. The van der Waals surface area contributed by atoms with E-state index in [2.05, 4.69) is 52.8 Å². The first kappa shape index (κ1) is 12.7. The van der Waals surface area contributed by atoms with E-state index in [1.807, 2.05) is 0 Å². The van der Waals surface area contributed by atoms with Gasteiger partial charge in [-0.05, 0) is 63.4 Å². The molecule has 1 aliphatic heterocycles. The molecular weight excluding hydrogens is 234 g/mol. The molecule has 0 radical (unpaired) electrons. The van der Waals surface area contributed by atoms with Crippen LogP contribution in [-0.2, 0) is 13.1 Å². The molecule has 102 valence electrons. The molecule has 1 N–H and O–H groups in total. The maximum atomic E-state index is 3.45. The van der Waals surface area contributed by atoms with Crippen molar-refractivity contribution in [1.29, 1.82) is 0 Å². The van der Waals surface area contributed by atoms with E-state index >= 15 is 0 Å². The highest BCUT2D eigenvalue weighted by atomic mass is 15.1. The van der Waals surface area contributed by atoms with Crippen molar-refractivity contribution in [3.05, 3.63) is 30.1 Å². The Kier molecular flexibility index (Phi) is 3.56. The minimum absolute atomic E-state index is 0.737. The molecule has 0 atom stereocenters. The molecule has 1 aromatic carbocycles. The van der Waals surface area contributed by atoms with E-state index in [1.54, 1.807) is 0 Å². The molecule has 3 nitrogen and oxygen atoms in total. The third-order valence-electron chi connectivity index (χ3n) is 4.39. The standard InChI is InChI=1S/C16H24N3/c1-3-18-12-19(4-2)16-11-14(5-6-15(16)18)13-7-9-17-10-8-13/h5-6,11-13,17H,3-4,7-10H2,1-2H3/q+1. The summed E-state index contributed by atoms with van der Waals surface area (Å²) in [6.45, 7) is 8.82. The summed E-state index contributed by atoms with van der Waals surface area (Å²) >= 11 is 0. The van der Waals surface area contributed by atoms with Gasteiger partial charge in [0, 0.05) is 0 Å². The predicted octanol–water partition coefficient (Wildman–Crippen LogP) is 2.44. The molecular formula is C16H24N3+. The average molecular weight is 258 g/mol. The third kappa shape index (κ3) is 2.27. The molecule has 0 amide bonds. The van der Waals surface area contributed by atoms with Crippen molar-refractivity contribution in [2.45, 2.75) is 45.7 Å². The first-order valence-electron chi connectivity index (χ1n) is 7.56. The molecule has 0 unspecified atom stereocenters. The van der Waals surface area contributed by atoms with Crippen LogP contribution in [-0.4, -0.2) is 17.7 Å². The third-order valence-corrected chi connectivity index (χ3v) is 4.39. The van der Waals surface area contributed by atoms with Gasteiger partial charge in [-0.25, -0.2) is 9.13 Å². The lowest BCUT2D eigenvalue weighted by Crippen LogP contribution is -2.30. The fourth-order valence-electron chi connectivity index (χ4n) is 3.22. The maximum absolute atomic E-state index is 3.45. The van der Waals surface area contributed by atoms with Crippen molar-refractivity contribution in [2.24, 2.45) is 0 Å². The van der Waals surface area contributed by atoms with E-state index in [0.717, 1.165) is 32.1 Å². The van der Waals surface area contributed by atoms with Gasteiger partial charge in [0.15, 0.2) is 11.0 Å². The Bertz CT molecular complexity index is 565. The maximum Gasteiger partial charge on any atom is 0.244 e. The van der Waals surface area contributed by atoms with Crippen molar-refractivity contribution in [3.8, 4) is 0 Å². The van der Waals surface area contributed by atoms with Crippen molar-refractivity contribution < 1.29 is 4.57 Å². The summed E-state index contributed by atoms with van der Waals surface area (Å²) in [5, 5.41) is 3.45. The number of aromatic nitrogens is 2. The molecule has 0 spiro atoms. The largest absolute Gasteiger partial charge is 0.317 e. The van der Waals surface area contributed by atoms with E-state index < -0.39 is 0 Å². The van der Waals surface area contributed by atoms with Crippen LogP contribution < -0.4 is 9.88 Å². The molecule has 3 heteroatoms. The Morgan fingerprint density at radius 3 is 2.74 bits per heavy atom. The minimum atomic E-state index is 0.737. The number of piperidine rings is 1. The summed E-state index contributed by atoms with van der Waals surface area (Å²) in [6.07, 6.45) is 4.79. The van der Waals surface area contributed by atoms with Crippen LogP contribution in [0.4, 0.5) is 0 Å². The monoisotopic (exact) mass is 258 g/mol. The highest BCUT2D eigenvalue weighted by Gasteiger charge is 2.19. The summed E-state index contributed by atoms with van der Waals surface area (Å²) in [7, 11) is 0. The van der Waals surface area contributed by atoms with Gasteiger partial charge in [-0.2, -0.15) is 0 Å². The summed E-state index contributed by atoms with van der Waals surface area (Å²) in [5.74, 6) is 0.737. The zero-order chi connectivity index (χ0) is 13.2. The zero-order valence-electron chi connectivity index (χ0n) is 12.0. The molecule has 2 heterocycles. The molecule has 1 aromatic heterocycles. The predicted molar refractivity (Wildman–Crippen MR) is 78.3 cm³/mol. The molecule has 2 aromatic rings. The number of imidazole rings is 1. The van der Waals surface area contributed by atoms with Crippen LogP contribution in [0.25, 0.3) is 11.0 Å². The highest BCUT2D eigenvalue weighted by molar-refractivity contribution is 5.73. The van der Waals surface area contributed by atoms with Crippen LogP contribution in [0, 0.1) is 0 Å². The van der Waals surface area contributed by atoms with E-state index in [4.69, 9.17) is 0 Å². The van der Waals surface area contributed by atoms with Crippen molar-refractivity contribution >= 4 is 11.0 Å². The Labute approximate surface area is 115 Å². The number of aryl methyl sites for hydroxylation is 2. The molecule has 1 fully saturated rings. The van der Waals surface area contributed by atoms with Crippen LogP contribution in [0.1, 0.15) is 38.2 Å². The number of nitrogens with one attached hydrogen (secondary N) is 1. The fraction of sp³-hybridized carbons (Fsp3) is 0.562. The van der Waals surface area contributed by atoms with Crippen molar-refractivity contribution in [2.75, 3.05) is 13.1 Å². The minimum Gasteiger partial charge on any atom is -0.317 e. The number of rotatable bonds is 3. The lowest BCUT2D eigenvalue weighted by atomic mass is 9.90. The van der Waals surface area contributed by atoms with Crippen LogP contribution in [0.15, 0.2) is 24.5 Å². The highest BCUT2D eigenvalue weighted by Crippen LogP contribution is 2.27. The smallest absolute Gasteiger partial charge is 0.244 e. The first-order valence-corrected chi connectivity index (χ1v) is 7.56. The van der Waals surface area contributed by atoms with Crippen molar-refractivity contribution in [1.82, 2.24) is 9.88 Å². The van der Waals surface area contributed by atoms with Crippen LogP contribution in [0.2, 0.25) is 0 Å². The number of hydrogen-bond acceptors (Lipinski definition) is 1. The second kappa shape index (κ2) is 5.33. The lowest BCUT2D eigenvalue weighted by molar-refractivity contribution is -0.668. The van der Waals surface area contributed by atoms with Gasteiger partial charge >= 0.3 is 0 Å². The summed E-state index contributed by atoms with van der Waals surface area (Å²) in [6, 6.07) is 7.06. The van der Waals surface area contributed by atoms with Gasteiger partial charge in [0.2, 0.25) is 6.33 Å². The molecule has 1 aliphatic rings. The topological polar surface area (TPSA) is 20.8 Å². The van der Waals surface area contributed by atoms with Crippen molar-refractivity contribution in [3.63, 3.8) is 0 Å². The number of fused-ring (bicyclic) bond motifs is 1. The van der Waals surface area contributed by atoms with E-state index in [-0.39, 0.29) is 0 Å². The number of nitrogens with zero attached hydrogens (tertiary/aromatic N) is 2. The van der Waals surface area contributed by atoms with Gasteiger partial charge in [-0.3, -0.25) is 0 Å². The lowest BCUT2D eigenvalue weighted by Gasteiger charge is -2.22. The second-order valence-corrected chi connectivity index (χ2v) is 5.46. The summed E-state index contributed by atoms with van der Waals surface area (Å²) in [4.78, 5) is 0. The Morgan fingerprint density at radius 1 is 1.26 bits per heavy atom. The van der Waals surface area contributed by atoms with Gasteiger partial charge in [-0.1, -0.05) is 6.07 Å². The molecule has 0 saturated carbocycles. The van der Waals surface area contributed by atoms with Gasteiger partial charge < -0.3 is 5.32 Å². The van der Waals surface area contributed by atoms with E-state index in [1.165, 1.54) is 29.4 Å². The van der Waals surface area contributed by atoms with Gasteiger partial charge in [0.25, 0.3) is 0 Å². The SMILES string of the molecule is CCn1c[n+](CC)c2ccc(C3CCNCC3)cc21. The molecule has 3 rings (SSSR count). The molecule has 0 aliphatic carbocycles. The van der Waals surface area contributed by atoms with Crippen LogP contribution in [0.3, 0.4) is 0 Å². The first-order chi connectivity index (χ1) is 9.33. The number of benzene rings is 1. The zero-order valence-corrected chi connectivity index (χ0v) is 12.0. The van der Waals surface area contributed by atoms with Gasteiger partial charge in [0.1, 0.15) is 0 Å². The molecule has 0 bridgehead atoms. The Morgan fingerprint density at radius 2 is 2.05 bits per heavy atom. The Balaban J connectivity index is 2.03. The fourth-order valence-corrected chi connectivity index (χ4v) is 3.22. The molecule has 1 saturated heterocycles. The normalized spacial score (nSPS) is 17.2. The second-order valence-electron chi connectivity index (χ2n) is 5.46. The van der Waals surface area contributed by atoms with Crippen LogP contribution >= 0.6 is 0 Å². The van der Waals surface area contributed by atoms with Gasteiger partial charge in [-0.15, -0.1) is 0 Å². The van der Waals surface area contributed by atoms with E-state index in [9.17, 15) is 0 Å². The quantitative estimate of drug-likeness (QED) is 0.839.